The van der Waals surface area contributed by atoms with Crippen molar-refractivity contribution in [2.24, 2.45) is 0 Å². The quantitative estimate of drug-likeness (QED) is 0.171. The molecule has 5 rings (SSSR count). The molecule has 44 heavy (non-hydrogen) atoms. The molecule has 1 aliphatic heterocycles. The highest BCUT2D eigenvalue weighted by Gasteiger charge is 2.32. The summed E-state index contributed by atoms with van der Waals surface area (Å²) in [6.07, 6.45) is 0.824. The van der Waals surface area contributed by atoms with Crippen molar-refractivity contribution in [3.8, 4) is 23.0 Å². The number of pyridine rings is 1. The zero-order valence-corrected chi connectivity index (χ0v) is 24.3. The molecule has 1 amide bonds. The average Bonchev–Trinajstić information content (AvgIpc) is 3.01. The highest BCUT2D eigenvalue weighted by molar-refractivity contribution is 6.04. The number of benzene rings is 2. The van der Waals surface area contributed by atoms with Crippen LogP contribution in [0.3, 0.4) is 0 Å². The largest absolute Gasteiger partial charge is 0.438 e. The highest BCUT2D eigenvalue weighted by Crippen LogP contribution is 2.36. The van der Waals surface area contributed by atoms with E-state index in [1.54, 1.807) is 18.3 Å². The number of amides is 1. The lowest BCUT2D eigenvalue weighted by Gasteiger charge is -2.24. The Bertz CT molecular complexity index is 1640. The van der Waals surface area contributed by atoms with Gasteiger partial charge in [0.25, 0.3) is 5.91 Å². The van der Waals surface area contributed by atoms with Crippen LogP contribution in [-0.2, 0) is 6.18 Å². The standard InChI is InChI=1S/C32H32F4N6O2/c1-3-10-38-28-19(2)18-40-29(42-28)25-5-4-11-39-31(25)44-24-6-7-27(33)26(17-24)30(43)41-23-15-21(20-8-12-37-13-9-20)14-22(16-23)32(34,35)36/h4-7,11,14-18,20,37H,3,8-10,12-13H2,1-2H3,(H,41,43)(H,38,40,42). The third kappa shape index (κ3) is 7.31. The van der Waals surface area contributed by atoms with Gasteiger partial charge in [0.1, 0.15) is 17.4 Å². The van der Waals surface area contributed by atoms with E-state index < -0.39 is 29.0 Å². The number of piperidine rings is 1. The summed E-state index contributed by atoms with van der Waals surface area (Å²) in [4.78, 5) is 26.5. The predicted molar refractivity (Wildman–Crippen MR) is 159 cm³/mol. The first-order valence-electron chi connectivity index (χ1n) is 14.4. The van der Waals surface area contributed by atoms with Gasteiger partial charge in [-0.25, -0.2) is 19.3 Å². The number of halogens is 4. The maximum absolute atomic E-state index is 14.9. The van der Waals surface area contributed by atoms with Gasteiger partial charge in [-0.2, -0.15) is 13.2 Å². The van der Waals surface area contributed by atoms with Gasteiger partial charge in [-0.05, 0) is 99.3 Å². The van der Waals surface area contributed by atoms with Gasteiger partial charge in [0.15, 0.2) is 5.82 Å². The first-order valence-corrected chi connectivity index (χ1v) is 14.4. The van der Waals surface area contributed by atoms with Crippen LogP contribution in [0.2, 0.25) is 0 Å². The van der Waals surface area contributed by atoms with Crippen LogP contribution >= 0.6 is 0 Å². The molecule has 0 unspecified atom stereocenters. The Kier molecular flexibility index (Phi) is 9.38. The van der Waals surface area contributed by atoms with Crippen LogP contribution in [0.25, 0.3) is 11.4 Å². The fraction of sp³-hybridized carbons (Fsp3) is 0.312. The maximum atomic E-state index is 14.9. The minimum atomic E-state index is -4.62. The number of aromatic nitrogens is 3. The Hall–Kier alpha value is -4.58. The second kappa shape index (κ2) is 13.4. The van der Waals surface area contributed by atoms with Crippen LogP contribution in [0, 0.1) is 12.7 Å². The molecular weight excluding hydrogens is 576 g/mol. The normalized spacial score (nSPS) is 13.9. The van der Waals surface area contributed by atoms with Crippen molar-refractivity contribution >= 4 is 17.4 Å². The molecule has 2 aromatic heterocycles. The van der Waals surface area contributed by atoms with E-state index in [2.05, 4.69) is 30.9 Å². The molecule has 0 radical (unpaired) electrons. The molecule has 0 spiro atoms. The first-order chi connectivity index (χ1) is 21.1. The summed E-state index contributed by atoms with van der Waals surface area (Å²) in [6.45, 7) is 6.03. The van der Waals surface area contributed by atoms with E-state index in [0.29, 0.717) is 48.7 Å². The van der Waals surface area contributed by atoms with Crippen molar-refractivity contribution in [2.45, 2.75) is 45.2 Å². The van der Waals surface area contributed by atoms with Crippen molar-refractivity contribution < 1.29 is 27.1 Å². The van der Waals surface area contributed by atoms with Crippen molar-refractivity contribution in [3.63, 3.8) is 0 Å². The molecule has 1 aliphatic rings. The van der Waals surface area contributed by atoms with Gasteiger partial charge in [-0.1, -0.05) is 6.92 Å². The topological polar surface area (TPSA) is 101 Å². The van der Waals surface area contributed by atoms with Gasteiger partial charge in [0.2, 0.25) is 5.88 Å². The van der Waals surface area contributed by atoms with Crippen LogP contribution < -0.4 is 20.7 Å². The SMILES string of the molecule is CCCNc1nc(-c2cccnc2Oc2ccc(F)c(C(=O)Nc3cc(C4CCNCC4)cc(C(F)(F)F)c3)c2)ncc1C. The molecule has 3 N–H and O–H groups in total. The fourth-order valence-electron chi connectivity index (χ4n) is 4.97. The summed E-state index contributed by atoms with van der Waals surface area (Å²) in [7, 11) is 0. The highest BCUT2D eigenvalue weighted by atomic mass is 19.4. The minimum absolute atomic E-state index is 0.0694. The van der Waals surface area contributed by atoms with Gasteiger partial charge in [0, 0.05) is 30.2 Å². The first kappa shape index (κ1) is 30.9. The van der Waals surface area contributed by atoms with E-state index in [-0.39, 0.29) is 23.2 Å². The second-order valence-corrected chi connectivity index (χ2v) is 10.6. The molecule has 2 aromatic carbocycles. The molecule has 1 fully saturated rings. The third-order valence-electron chi connectivity index (χ3n) is 7.27. The predicted octanol–water partition coefficient (Wildman–Crippen LogP) is 7.34. The molecule has 0 bridgehead atoms. The number of anilines is 2. The smallest absolute Gasteiger partial charge is 0.416 e. The number of hydrogen-bond acceptors (Lipinski definition) is 7. The fourth-order valence-corrected chi connectivity index (χ4v) is 4.97. The summed E-state index contributed by atoms with van der Waals surface area (Å²) >= 11 is 0. The third-order valence-corrected chi connectivity index (χ3v) is 7.27. The second-order valence-electron chi connectivity index (χ2n) is 10.6. The Morgan fingerprint density at radius 1 is 1.09 bits per heavy atom. The Morgan fingerprint density at radius 2 is 1.89 bits per heavy atom. The van der Waals surface area contributed by atoms with Gasteiger partial charge in [-0.15, -0.1) is 0 Å². The van der Waals surface area contributed by atoms with Crippen LogP contribution in [-0.4, -0.2) is 40.5 Å². The summed E-state index contributed by atoms with van der Waals surface area (Å²) in [6, 6.07) is 10.5. The molecule has 0 saturated carbocycles. The number of ether oxygens (including phenoxy) is 1. The zero-order valence-electron chi connectivity index (χ0n) is 24.3. The number of alkyl halides is 3. The number of carbonyl (C=O) groups is 1. The van der Waals surface area contributed by atoms with Gasteiger partial charge >= 0.3 is 6.18 Å². The Labute approximate surface area is 252 Å². The molecule has 3 heterocycles. The molecule has 12 heteroatoms. The maximum Gasteiger partial charge on any atom is 0.416 e. The molecule has 0 atom stereocenters. The van der Waals surface area contributed by atoms with Crippen LogP contribution in [0.15, 0.2) is 60.9 Å². The number of aryl methyl sites for hydroxylation is 1. The van der Waals surface area contributed by atoms with Gasteiger partial charge in [-0.3, -0.25) is 4.79 Å². The van der Waals surface area contributed by atoms with Crippen LogP contribution in [0.1, 0.15) is 59.2 Å². The summed E-state index contributed by atoms with van der Waals surface area (Å²) in [5, 5.41) is 8.90. The van der Waals surface area contributed by atoms with Crippen molar-refractivity contribution in [1.82, 2.24) is 20.3 Å². The average molecular weight is 609 g/mol. The minimum Gasteiger partial charge on any atom is -0.438 e. The summed E-state index contributed by atoms with van der Waals surface area (Å²) < 4.78 is 62.0. The number of rotatable bonds is 9. The molecule has 0 aliphatic carbocycles. The van der Waals surface area contributed by atoms with Gasteiger partial charge < -0.3 is 20.7 Å². The number of nitrogens with one attached hydrogen (secondary N) is 3. The van der Waals surface area contributed by atoms with E-state index >= 15 is 0 Å². The Morgan fingerprint density at radius 3 is 2.64 bits per heavy atom. The molecule has 1 saturated heterocycles. The monoisotopic (exact) mass is 608 g/mol. The van der Waals surface area contributed by atoms with E-state index in [9.17, 15) is 22.4 Å². The van der Waals surface area contributed by atoms with Crippen molar-refractivity contribution in [2.75, 3.05) is 30.3 Å². The van der Waals surface area contributed by atoms with Gasteiger partial charge in [0.05, 0.1) is 16.7 Å². The van der Waals surface area contributed by atoms with Crippen LogP contribution in [0.4, 0.5) is 29.1 Å². The van der Waals surface area contributed by atoms with Crippen molar-refractivity contribution in [3.05, 3.63) is 89.0 Å². The molecular formula is C32H32F4N6O2. The Balaban J connectivity index is 1.41. The van der Waals surface area contributed by atoms with E-state index in [0.717, 1.165) is 36.7 Å². The molecule has 230 valence electrons. The summed E-state index contributed by atoms with van der Waals surface area (Å²) in [5.74, 6) is -0.635. The summed E-state index contributed by atoms with van der Waals surface area (Å²) in [5.41, 5.74) is 0.459. The van der Waals surface area contributed by atoms with Crippen molar-refractivity contribution in [1.29, 1.82) is 0 Å². The van der Waals surface area contributed by atoms with E-state index in [1.807, 2.05) is 13.8 Å². The lowest BCUT2D eigenvalue weighted by atomic mass is 9.89. The van der Waals surface area contributed by atoms with Crippen LogP contribution in [0.5, 0.6) is 11.6 Å². The lowest BCUT2D eigenvalue weighted by molar-refractivity contribution is -0.137. The van der Waals surface area contributed by atoms with E-state index in [1.165, 1.54) is 24.4 Å². The lowest BCUT2D eigenvalue weighted by Crippen LogP contribution is -2.27. The molecule has 4 aromatic rings. The molecule has 8 nitrogen and oxygen atoms in total. The zero-order chi connectivity index (χ0) is 31.3. The number of hydrogen-bond donors (Lipinski definition) is 3. The number of nitrogens with zero attached hydrogens (tertiary/aromatic N) is 3. The van der Waals surface area contributed by atoms with E-state index in [4.69, 9.17) is 4.74 Å². The number of carbonyl (C=O) groups excluding carboxylic acids is 1.